The molecule has 0 heterocycles. The first kappa shape index (κ1) is 12.7. The molecule has 2 aromatic rings. The third-order valence-electron chi connectivity index (χ3n) is 2.83. The van der Waals surface area contributed by atoms with E-state index in [4.69, 9.17) is 0 Å². The molecule has 0 aliphatic heterocycles. The fourth-order valence-corrected chi connectivity index (χ4v) is 1.85. The summed E-state index contributed by atoms with van der Waals surface area (Å²) >= 11 is 0. The third kappa shape index (κ3) is 3.39. The molecule has 0 fully saturated rings. The number of aliphatic hydroxyl groups is 1. The smallest absolute Gasteiger partial charge is 0.123 e. The van der Waals surface area contributed by atoms with Crippen LogP contribution in [0.25, 0.3) is 0 Å². The molecule has 0 aromatic heterocycles. The van der Waals surface area contributed by atoms with Crippen LogP contribution in [-0.4, -0.2) is 11.7 Å². The molecule has 0 aliphatic rings. The molecule has 0 bridgehead atoms. The fraction of sp³-hybridized carbons (Fsp3) is 0.200. The lowest BCUT2D eigenvalue weighted by Gasteiger charge is -2.16. The second-order valence-corrected chi connectivity index (χ2v) is 4.16. The maximum absolute atomic E-state index is 13.1. The summed E-state index contributed by atoms with van der Waals surface area (Å²) < 4.78 is 13.1. The van der Waals surface area contributed by atoms with E-state index >= 15 is 0 Å². The first-order valence-corrected chi connectivity index (χ1v) is 5.93. The Morgan fingerprint density at radius 3 is 2.50 bits per heavy atom. The van der Waals surface area contributed by atoms with Gasteiger partial charge in [-0.1, -0.05) is 42.5 Å². The molecule has 0 saturated carbocycles. The van der Waals surface area contributed by atoms with Gasteiger partial charge in [0.2, 0.25) is 0 Å². The van der Waals surface area contributed by atoms with Crippen molar-refractivity contribution in [2.24, 2.45) is 0 Å². The molecule has 0 saturated heterocycles. The predicted octanol–water partition coefficient (Wildman–Crippen LogP) is 2.65. The van der Waals surface area contributed by atoms with Crippen molar-refractivity contribution in [2.45, 2.75) is 12.6 Å². The first-order chi connectivity index (χ1) is 8.79. The van der Waals surface area contributed by atoms with E-state index in [9.17, 15) is 9.50 Å². The minimum atomic E-state index is -0.285. The summed E-state index contributed by atoms with van der Waals surface area (Å²) in [5, 5.41) is 12.6. The average molecular weight is 245 g/mol. The van der Waals surface area contributed by atoms with E-state index in [-0.39, 0.29) is 18.5 Å². The van der Waals surface area contributed by atoms with Crippen LogP contribution in [0, 0.1) is 5.82 Å². The number of aliphatic hydroxyl groups excluding tert-OH is 1. The maximum atomic E-state index is 13.1. The minimum absolute atomic E-state index is 0.0592. The van der Waals surface area contributed by atoms with Gasteiger partial charge in [0.1, 0.15) is 5.82 Å². The van der Waals surface area contributed by atoms with Crippen LogP contribution < -0.4 is 5.32 Å². The van der Waals surface area contributed by atoms with Crippen LogP contribution >= 0.6 is 0 Å². The van der Waals surface area contributed by atoms with Crippen LogP contribution in [-0.2, 0) is 6.54 Å². The Kier molecular flexibility index (Phi) is 4.45. The Morgan fingerprint density at radius 1 is 1.06 bits per heavy atom. The molecule has 18 heavy (non-hydrogen) atoms. The largest absolute Gasteiger partial charge is 0.394 e. The Balaban J connectivity index is 2.02. The van der Waals surface area contributed by atoms with Crippen LogP contribution in [0.15, 0.2) is 54.6 Å². The number of benzene rings is 2. The van der Waals surface area contributed by atoms with Crippen molar-refractivity contribution in [1.82, 2.24) is 5.32 Å². The van der Waals surface area contributed by atoms with Gasteiger partial charge in [-0.15, -0.1) is 0 Å². The molecule has 1 unspecified atom stereocenters. The SMILES string of the molecule is OCC(NCc1ccccc1)c1cccc(F)c1. The van der Waals surface area contributed by atoms with Gasteiger partial charge in [0.05, 0.1) is 12.6 Å². The molecule has 2 aromatic carbocycles. The van der Waals surface area contributed by atoms with Crippen LogP contribution in [0.5, 0.6) is 0 Å². The second kappa shape index (κ2) is 6.28. The van der Waals surface area contributed by atoms with Crippen molar-refractivity contribution in [3.05, 3.63) is 71.5 Å². The average Bonchev–Trinajstić information content (AvgIpc) is 2.41. The zero-order valence-electron chi connectivity index (χ0n) is 10.0. The molecule has 94 valence electrons. The molecule has 2 N–H and O–H groups in total. The molecule has 3 heteroatoms. The fourth-order valence-electron chi connectivity index (χ4n) is 1.85. The lowest BCUT2D eigenvalue weighted by atomic mass is 10.1. The zero-order valence-corrected chi connectivity index (χ0v) is 10.0. The highest BCUT2D eigenvalue weighted by Crippen LogP contribution is 2.14. The van der Waals surface area contributed by atoms with Gasteiger partial charge in [0, 0.05) is 6.54 Å². The molecular formula is C15H16FNO. The predicted molar refractivity (Wildman–Crippen MR) is 69.5 cm³/mol. The minimum Gasteiger partial charge on any atom is -0.394 e. The van der Waals surface area contributed by atoms with E-state index in [1.807, 2.05) is 36.4 Å². The van der Waals surface area contributed by atoms with Crippen molar-refractivity contribution in [3.8, 4) is 0 Å². The number of hydrogen-bond donors (Lipinski definition) is 2. The van der Waals surface area contributed by atoms with E-state index in [0.29, 0.717) is 6.54 Å². The lowest BCUT2D eigenvalue weighted by Crippen LogP contribution is -2.24. The normalized spacial score (nSPS) is 12.3. The summed E-state index contributed by atoms with van der Waals surface area (Å²) in [6, 6.07) is 16.0. The number of rotatable bonds is 5. The summed E-state index contributed by atoms with van der Waals surface area (Å²) in [6.45, 7) is 0.582. The van der Waals surface area contributed by atoms with Crippen LogP contribution in [0.2, 0.25) is 0 Å². The summed E-state index contributed by atoms with van der Waals surface area (Å²) in [5.41, 5.74) is 1.89. The van der Waals surface area contributed by atoms with Gasteiger partial charge < -0.3 is 10.4 Å². The third-order valence-corrected chi connectivity index (χ3v) is 2.83. The maximum Gasteiger partial charge on any atom is 0.123 e. The molecule has 2 nitrogen and oxygen atoms in total. The molecule has 0 amide bonds. The second-order valence-electron chi connectivity index (χ2n) is 4.16. The van der Waals surface area contributed by atoms with Gasteiger partial charge in [-0.25, -0.2) is 4.39 Å². The van der Waals surface area contributed by atoms with Crippen LogP contribution in [0.3, 0.4) is 0 Å². The van der Waals surface area contributed by atoms with Crippen molar-refractivity contribution in [2.75, 3.05) is 6.61 Å². The Hall–Kier alpha value is -1.71. The number of nitrogens with one attached hydrogen (secondary N) is 1. The molecular weight excluding hydrogens is 229 g/mol. The monoisotopic (exact) mass is 245 g/mol. The number of hydrogen-bond acceptors (Lipinski definition) is 2. The van der Waals surface area contributed by atoms with E-state index in [1.54, 1.807) is 6.07 Å². The Bertz CT molecular complexity index is 487. The summed E-state index contributed by atoms with van der Waals surface area (Å²) in [7, 11) is 0. The van der Waals surface area contributed by atoms with Gasteiger partial charge in [-0.2, -0.15) is 0 Å². The summed E-state index contributed by atoms with van der Waals surface area (Å²) in [6.07, 6.45) is 0. The highest BCUT2D eigenvalue weighted by molar-refractivity contribution is 5.21. The van der Waals surface area contributed by atoms with E-state index < -0.39 is 0 Å². The molecule has 1 atom stereocenters. The quantitative estimate of drug-likeness (QED) is 0.848. The summed E-state index contributed by atoms with van der Waals surface area (Å²) in [5.74, 6) is -0.285. The van der Waals surface area contributed by atoms with Gasteiger partial charge in [-0.3, -0.25) is 0 Å². The molecule has 0 aliphatic carbocycles. The highest BCUT2D eigenvalue weighted by atomic mass is 19.1. The van der Waals surface area contributed by atoms with E-state index in [0.717, 1.165) is 11.1 Å². The van der Waals surface area contributed by atoms with Gasteiger partial charge >= 0.3 is 0 Å². The Labute approximate surface area is 106 Å². The molecule has 2 rings (SSSR count). The van der Waals surface area contributed by atoms with Crippen molar-refractivity contribution in [1.29, 1.82) is 0 Å². The highest BCUT2D eigenvalue weighted by Gasteiger charge is 2.10. The lowest BCUT2D eigenvalue weighted by molar-refractivity contribution is 0.243. The molecule has 0 spiro atoms. The topological polar surface area (TPSA) is 32.3 Å². The van der Waals surface area contributed by atoms with Gasteiger partial charge in [0.25, 0.3) is 0 Å². The number of halogens is 1. The zero-order chi connectivity index (χ0) is 12.8. The first-order valence-electron chi connectivity index (χ1n) is 5.93. The van der Waals surface area contributed by atoms with Gasteiger partial charge in [-0.05, 0) is 23.3 Å². The molecule has 0 radical (unpaired) electrons. The van der Waals surface area contributed by atoms with E-state index in [1.165, 1.54) is 12.1 Å². The van der Waals surface area contributed by atoms with Crippen LogP contribution in [0.1, 0.15) is 17.2 Å². The Morgan fingerprint density at radius 2 is 1.83 bits per heavy atom. The standard InChI is InChI=1S/C15H16FNO/c16-14-8-4-7-13(9-14)15(11-18)17-10-12-5-2-1-3-6-12/h1-9,15,17-18H,10-11H2. The van der Waals surface area contributed by atoms with Crippen molar-refractivity contribution in [3.63, 3.8) is 0 Å². The van der Waals surface area contributed by atoms with Crippen molar-refractivity contribution >= 4 is 0 Å². The van der Waals surface area contributed by atoms with Crippen LogP contribution in [0.4, 0.5) is 4.39 Å². The van der Waals surface area contributed by atoms with Gasteiger partial charge in [0.15, 0.2) is 0 Å². The van der Waals surface area contributed by atoms with Crippen molar-refractivity contribution < 1.29 is 9.50 Å². The van der Waals surface area contributed by atoms with E-state index in [2.05, 4.69) is 5.32 Å². The summed E-state index contributed by atoms with van der Waals surface area (Å²) in [4.78, 5) is 0.